The highest BCUT2D eigenvalue weighted by Gasteiger charge is 2.10. The van der Waals surface area contributed by atoms with Crippen LogP contribution >= 0.6 is 0 Å². The van der Waals surface area contributed by atoms with Gasteiger partial charge in [0, 0.05) is 11.9 Å². The molecule has 0 amide bonds. The molecular formula is C18H31N. The highest BCUT2D eigenvalue weighted by Crippen LogP contribution is 2.22. The summed E-state index contributed by atoms with van der Waals surface area (Å²) in [6, 6.07) is 0. The smallest absolute Gasteiger partial charge is 0.0438 e. The average molecular weight is 261 g/mol. The molecule has 0 aliphatic carbocycles. The van der Waals surface area contributed by atoms with Crippen LogP contribution in [0.4, 0.5) is 0 Å². The molecule has 19 heavy (non-hydrogen) atoms. The normalized spacial score (nSPS) is 10.9. The van der Waals surface area contributed by atoms with Crippen molar-refractivity contribution in [2.24, 2.45) is 0 Å². The first-order chi connectivity index (χ1) is 9.24. The summed E-state index contributed by atoms with van der Waals surface area (Å²) in [5, 5.41) is 0. The first-order valence-electron chi connectivity index (χ1n) is 8.20. The minimum Gasteiger partial charge on any atom is -0.261 e. The minimum atomic E-state index is 1.16. The van der Waals surface area contributed by atoms with Gasteiger partial charge in [0.05, 0.1) is 0 Å². The fraction of sp³-hybridized carbons (Fsp3) is 0.722. The van der Waals surface area contributed by atoms with Crippen molar-refractivity contribution in [2.45, 2.75) is 85.5 Å². The maximum atomic E-state index is 4.78. The Balaban J connectivity index is 2.94. The van der Waals surface area contributed by atoms with Crippen molar-refractivity contribution in [3.05, 3.63) is 28.6 Å². The lowest BCUT2D eigenvalue weighted by atomic mass is 9.94. The average Bonchev–Trinajstić information content (AvgIpc) is 2.43. The molecule has 1 aromatic heterocycles. The Hall–Kier alpha value is -0.850. The van der Waals surface area contributed by atoms with Crippen LogP contribution in [0.5, 0.6) is 0 Å². The zero-order valence-electron chi connectivity index (χ0n) is 13.4. The van der Waals surface area contributed by atoms with Crippen LogP contribution < -0.4 is 0 Å². The monoisotopic (exact) mass is 261 g/mol. The van der Waals surface area contributed by atoms with Crippen molar-refractivity contribution in [2.75, 3.05) is 0 Å². The second-order valence-corrected chi connectivity index (χ2v) is 5.64. The van der Waals surface area contributed by atoms with Gasteiger partial charge >= 0.3 is 0 Å². The van der Waals surface area contributed by atoms with Crippen LogP contribution in [0.1, 0.15) is 81.7 Å². The van der Waals surface area contributed by atoms with E-state index < -0.39 is 0 Å². The van der Waals surface area contributed by atoms with E-state index in [-0.39, 0.29) is 0 Å². The van der Waals surface area contributed by atoms with E-state index in [1.165, 1.54) is 68.2 Å². The summed E-state index contributed by atoms with van der Waals surface area (Å²) < 4.78 is 0. The second-order valence-electron chi connectivity index (χ2n) is 5.64. The van der Waals surface area contributed by atoms with Gasteiger partial charge in [-0.15, -0.1) is 0 Å². The van der Waals surface area contributed by atoms with E-state index in [1.807, 2.05) is 0 Å². The van der Waals surface area contributed by atoms with Crippen LogP contribution in [0.25, 0.3) is 0 Å². The Morgan fingerprint density at radius 3 is 2.05 bits per heavy atom. The van der Waals surface area contributed by atoms with E-state index in [0.717, 1.165) is 6.42 Å². The number of hydrogen-bond donors (Lipinski definition) is 0. The summed E-state index contributed by atoms with van der Waals surface area (Å²) in [5.74, 6) is 0. The molecule has 1 nitrogen and oxygen atoms in total. The number of aromatic nitrogens is 1. The van der Waals surface area contributed by atoms with Crippen molar-refractivity contribution >= 4 is 0 Å². The topological polar surface area (TPSA) is 12.9 Å². The molecule has 0 bridgehead atoms. The maximum absolute atomic E-state index is 4.78. The Morgan fingerprint density at radius 1 is 0.842 bits per heavy atom. The molecule has 1 heterocycles. The molecule has 0 unspecified atom stereocenters. The summed E-state index contributed by atoms with van der Waals surface area (Å²) in [7, 11) is 0. The SMILES string of the molecule is CCCCc1cnc(CCCC)c(CCCC)c1C. The fourth-order valence-electron chi connectivity index (χ4n) is 2.61. The van der Waals surface area contributed by atoms with E-state index in [4.69, 9.17) is 4.98 Å². The van der Waals surface area contributed by atoms with Gasteiger partial charge in [0.25, 0.3) is 0 Å². The van der Waals surface area contributed by atoms with Gasteiger partial charge in [-0.2, -0.15) is 0 Å². The number of nitrogens with zero attached hydrogens (tertiary/aromatic N) is 1. The molecule has 0 aromatic carbocycles. The van der Waals surface area contributed by atoms with Gasteiger partial charge in [-0.25, -0.2) is 0 Å². The van der Waals surface area contributed by atoms with Crippen LogP contribution in [-0.4, -0.2) is 4.98 Å². The lowest BCUT2D eigenvalue weighted by Crippen LogP contribution is -2.05. The standard InChI is InChI=1S/C18H31N/c1-5-8-11-16-14-19-18(13-10-7-3)17(15(16)4)12-9-6-2/h14H,5-13H2,1-4H3. The van der Waals surface area contributed by atoms with E-state index in [0.29, 0.717) is 0 Å². The van der Waals surface area contributed by atoms with Crippen molar-refractivity contribution in [3.63, 3.8) is 0 Å². The van der Waals surface area contributed by atoms with E-state index in [9.17, 15) is 0 Å². The summed E-state index contributed by atoms with van der Waals surface area (Å²) in [5.41, 5.74) is 5.94. The van der Waals surface area contributed by atoms with Crippen LogP contribution in [0.3, 0.4) is 0 Å². The van der Waals surface area contributed by atoms with Gasteiger partial charge in [-0.1, -0.05) is 40.0 Å². The molecule has 1 heteroatoms. The first-order valence-corrected chi connectivity index (χ1v) is 8.20. The van der Waals surface area contributed by atoms with E-state index in [2.05, 4.69) is 33.9 Å². The molecule has 0 atom stereocenters. The second kappa shape index (κ2) is 9.12. The number of hydrogen-bond acceptors (Lipinski definition) is 1. The number of unbranched alkanes of at least 4 members (excludes halogenated alkanes) is 3. The lowest BCUT2D eigenvalue weighted by molar-refractivity contribution is 0.726. The zero-order valence-corrected chi connectivity index (χ0v) is 13.4. The Morgan fingerprint density at radius 2 is 1.42 bits per heavy atom. The third-order valence-corrected chi connectivity index (χ3v) is 4.01. The third-order valence-electron chi connectivity index (χ3n) is 4.01. The molecular weight excluding hydrogens is 230 g/mol. The molecule has 0 saturated carbocycles. The van der Waals surface area contributed by atoms with Gasteiger partial charge in [-0.05, 0) is 62.1 Å². The van der Waals surface area contributed by atoms with E-state index >= 15 is 0 Å². The number of aryl methyl sites for hydroxylation is 2. The van der Waals surface area contributed by atoms with Crippen LogP contribution in [0.15, 0.2) is 6.20 Å². The summed E-state index contributed by atoms with van der Waals surface area (Å²) in [6.45, 7) is 9.10. The summed E-state index contributed by atoms with van der Waals surface area (Å²) >= 11 is 0. The van der Waals surface area contributed by atoms with Crippen LogP contribution in [-0.2, 0) is 19.3 Å². The first kappa shape index (κ1) is 16.2. The van der Waals surface area contributed by atoms with Crippen LogP contribution in [0, 0.1) is 6.92 Å². The van der Waals surface area contributed by atoms with E-state index in [1.54, 1.807) is 5.56 Å². The molecule has 0 fully saturated rings. The summed E-state index contributed by atoms with van der Waals surface area (Å²) in [4.78, 5) is 4.78. The van der Waals surface area contributed by atoms with Gasteiger partial charge in [0.2, 0.25) is 0 Å². The molecule has 1 rings (SSSR count). The number of pyridine rings is 1. The van der Waals surface area contributed by atoms with Crippen molar-refractivity contribution < 1.29 is 0 Å². The Kier molecular flexibility index (Phi) is 7.78. The van der Waals surface area contributed by atoms with Gasteiger partial charge < -0.3 is 0 Å². The van der Waals surface area contributed by atoms with Crippen molar-refractivity contribution in [3.8, 4) is 0 Å². The lowest BCUT2D eigenvalue weighted by Gasteiger charge is -2.15. The minimum absolute atomic E-state index is 1.16. The fourth-order valence-corrected chi connectivity index (χ4v) is 2.61. The highest BCUT2D eigenvalue weighted by molar-refractivity contribution is 5.36. The van der Waals surface area contributed by atoms with Crippen molar-refractivity contribution in [1.29, 1.82) is 0 Å². The summed E-state index contributed by atoms with van der Waals surface area (Å²) in [6.07, 6.45) is 13.3. The molecule has 0 aliphatic rings. The van der Waals surface area contributed by atoms with Gasteiger partial charge in [0.15, 0.2) is 0 Å². The quantitative estimate of drug-likeness (QED) is 0.578. The molecule has 0 N–H and O–H groups in total. The number of rotatable bonds is 9. The van der Waals surface area contributed by atoms with Gasteiger partial charge in [-0.3, -0.25) is 4.98 Å². The predicted octanol–water partition coefficient (Wildman–Crippen LogP) is 5.42. The molecule has 1 aromatic rings. The zero-order chi connectivity index (χ0) is 14.1. The predicted molar refractivity (Wildman–Crippen MR) is 84.8 cm³/mol. The molecule has 0 saturated heterocycles. The Bertz CT molecular complexity index is 368. The largest absolute Gasteiger partial charge is 0.261 e. The molecule has 0 aliphatic heterocycles. The highest BCUT2D eigenvalue weighted by atomic mass is 14.7. The maximum Gasteiger partial charge on any atom is 0.0438 e. The molecule has 108 valence electrons. The Labute approximate surface area is 119 Å². The van der Waals surface area contributed by atoms with Crippen LogP contribution in [0.2, 0.25) is 0 Å². The molecule has 0 radical (unpaired) electrons. The third kappa shape index (κ3) is 4.97. The van der Waals surface area contributed by atoms with Crippen molar-refractivity contribution in [1.82, 2.24) is 4.98 Å². The molecule has 0 spiro atoms. The van der Waals surface area contributed by atoms with Gasteiger partial charge in [0.1, 0.15) is 0 Å².